The number of carboxylic acid groups (broad SMARTS) is 1. The van der Waals surface area contributed by atoms with Gasteiger partial charge < -0.3 is 20.5 Å². The van der Waals surface area contributed by atoms with Gasteiger partial charge in [0.2, 0.25) is 5.91 Å². The highest BCUT2D eigenvalue weighted by Gasteiger charge is 2.24. The van der Waals surface area contributed by atoms with Gasteiger partial charge in [-0.15, -0.1) is 0 Å². The van der Waals surface area contributed by atoms with E-state index in [1.807, 2.05) is 0 Å². The van der Waals surface area contributed by atoms with E-state index in [4.69, 9.17) is 9.84 Å². The molecule has 0 aromatic rings. The number of hydrogen-bond donors (Lipinski definition) is 3. The Kier molecular flexibility index (Phi) is 6.37. The summed E-state index contributed by atoms with van der Waals surface area (Å²) in [5.74, 6) is -1.96. The molecule has 3 N–H and O–H groups in total. The Balaban J connectivity index is 2.43. The molecule has 9 heteroatoms. The second kappa shape index (κ2) is 7.55. The number of morpholine rings is 1. The monoisotopic (exact) mass is 308 g/mol. The van der Waals surface area contributed by atoms with E-state index in [1.54, 1.807) is 0 Å². The lowest BCUT2D eigenvalue weighted by Crippen LogP contribution is -2.47. The number of hydrogen-bond acceptors (Lipinski definition) is 6. The summed E-state index contributed by atoms with van der Waals surface area (Å²) in [4.78, 5) is 22.7. The van der Waals surface area contributed by atoms with Crippen LogP contribution < -0.4 is 10.6 Å². The van der Waals surface area contributed by atoms with Gasteiger partial charge in [-0.05, 0) is 6.42 Å². The van der Waals surface area contributed by atoms with Gasteiger partial charge in [-0.3, -0.25) is 4.79 Å². The molecule has 0 aromatic heterocycles. The van der Waals surface area contributed by atoms with Crippen LogP contribution in [-0.4, -0.2) is 69.3 Å². The summed E-state index contributed by atoms with van der Waals surface area (Å²) < 4.78 is 27.2. The van der Waals surface area contributed by atoms with Crippen molar-refractivity contribution in [2.45, 2.75) is 24.9 Å². The Hall–Kier alpha value is -1.19. The molecule has 1 fully saturated rings. The van der Waals surface area contributed by atoms with Gasteiger partial charge in [0.1, 0.15) is 15.9 Å². The first-order valence-electron chi connectivity index (χ1n) is 6.29. The Morgan fingerprint density at radius 3 is 2.70 bits per heavy atom. The normalized spacial score (nSPS) is 21.1. The summed E-state index contributed by atoms with van der Waals surface area (Å²) in [6.07, 6.45) is 0.980. The summed E-state index contributed by atoms with van der Waals surface area (Å²) in [6.45, 7) is 1.63. The fraction of sp³-hybridized carbons (Fsp3) is 0.818. The van der Waals surface area contributed by atoms with Crippen molar-refractivity contribution in [3.05, 3.63) is 0 Å². The molecule has 1 amide bonds. The van der Waals surface area contributed by atoms with Gasteiger partial charge >= 0.3 is 5.97 Å². The zero-order chi connectivity index (χ0) is 15.2. The zero-order valence-corrected chi connectivity index (χ0v) is 12.1. The van der Waals surface area contributed by atoms with Crippen molar-refractivity contribution in [3.63, 3.8) is 0 Å². The van der Waals surface area contributed by atoms with E-state index < -0.39 is 27.8 Å². The Labute approximate surface area is 117 Å². The zero-order valence-electron chi connectivity index (χ0n) is 11.3. The third kappa shape index (κ3) is 6.83. The van der Waals surface area contributed by atoms with Crippen LogP contribution in [0.4, 0.5) is 0 Å². The first-order chi connectivity index (χ1) is 9.28. The molecule has 1 rings (SSSR count). The first kappa shape index (κ1) is 16.9. The van der Waals surface area contributed by atoms with Gasteiger partial charge in [-0.1, -0.05) is 0 Å². The first-order valence-corrected chi connectivity index (χ1v) is 8.35. The lowest BCUT2D eigenvalue weighted by atomic mass is 10.1. The highest BCUT2D eigenvalue weighted by molar-refractivity contribution is 7.90. The molecular formula is C11H20N2O6S. The second-order valence-electron chi connectivity index (χ2n) is 4.81. The van der Waals surface area contributed by atoms with Crippen LogP contribution >= 0.6 is 0 Å². The number of carbonyl (C=O) groups is 2. The maximum absolute atomic E-state index is 11.7. The largest absolute Gasteiger partial charge is 0.480 e. The molecule has 0 spiro atoms. The summed E-state index contributed by atoms with van der Waals surface area (Å²) in [5.41, 5.74) is 0. The summed E-state index contributed by atoms with van der Waals surface area (Å²) in [6, 6.07) is -1.34. The third-order valence-corrected chi connectivity index (χ3v) is 3.82. The van der Waals surface area contributed by atoms with E-state index in [9.17, 15) is 18.0 Å². The molecule has 116 valence electrons. The topological polar surface area (TPSA) is 122 Å². The van der Waals surface area contributed by atoms with Gasteiger partial charge in [0.15, 0.2) is 0 Å². The smallest absolute Gasteiger partial charge is 0.326 e. The van der Waals surface area contributed by atoms with Crippen LogP contribution in [0.3, 0.4) is 0 Å². The van der Waals surface area contributed by atoms with Crippen LogP contribution in [0.2, 0.25) is 0 Å². The molecule has 8 nitrogen and oxygen atoms in total. The quantitative estimate of drug-likeness (QED) is 0.516. The molecule has 1 heterocycles. The second-order valence-corrected chi connectivity index (χ2v) is 7.07. The minimum Gasteiger partial charge on any atom is -0.480 e. The molecule has 0 aliphatic carbocycles. The van der Waals surface area contributed by atoms with Crippen LogP contribution in [0, 0.1) is 0 Å². The van der Waals surface area contributed by atoms with Crippen LogP contribution in [0.5, 0.6) is 0 Å². The number of amides is 1. The molecule has 20 heavy (non-hydrogen) atoms. The molecule has 0 saturated carbocycles. The predicted molar refractivity (Wildman–Crippen MR) is 71.1 cm³/mol. The van der Waals surface area contributed by atoms with Gasteiger partial charge in [-0.2, -0.15) is 0 Å². The highest BCUT2D eigenvalue weighted by atomic mass is 32.2. The lowest BCUT2D eigenvalue weighted by molar-refractivity contribution is -0.142. The van der Waals surface area contributed by atoms with Crippen molar-refractivity contribution in [2.24, 2.45) is 0 Å². The fourth-order valence-corrected chi connectivity index (χ4v) is 2.48. The number of nitrogens with one attached hydrogen (secondary N) is 2. The van der Waals surface area contributed by atoms with E-state index in [1.165, 1.54) is 0 Å². The Morgan fingerprint density at radius 1 is 1.50 bits per heavy atom. The Bertz CT molecular complexity index is 444. The minimum absolute atomic E-state index is 0.0999. The van der Waals surface area contributed by atoms with Gasteiger partial charge in [0.05, 0.1) is 19.0 Å². The molecule has 2 unspecified atom stereocenters. The summed E-state index contributed by atoms with van der Waals surface area (Å²) in [5, 5.41) is 14.4. The van der Waals surface area contributed by atoms with E-state index in [-0.39, 0.29) is 24.6 Å². The number of sulfone groups is 1. The minimum atomic E-state index is -3.26. The molecular weight excluding hydrogens is 288 g/mol. The Morgan fingerprint density at radius 2 is 2.20 bits per heavy atom. The number of aliphatic carboxylic acids is 1. The lowest BCUT2D eigenvalue weighted by Gasteiger charge is -2.24. The fourth-order valence-electron chi connectivity index (χ4n) is 1.82. The van der Waals surface area contributed by atoms with Gasteiger partial charge in [0.25, 0.3) is 0 Å². The van der Waals surface area contributed by atoms with Gasteiger partial charge in [0, 0.05) is 25.3 Å². The van der Waals surface area contributed by atoms with E-state index in [2.05, 4.69) is 10.6 Å². The van der Waals surface area contributed by atoms with Crippen LogP contribution in [0.1, 0.15) is 12.8 Å². The number of rotatable bonds is 7. The van der Waals surface area contributed by atoms with E-state index in [0.717, 1.165) is 6.26 Å². The van der Waals surface area contributed by atoms with E-state index >= 15 is 0 Å². The number of carboxylic acids is 1. The number of carbonyl (C=O) groups excluding carboxylic acids is 1. The van der Waals surface area contributed by atoms with Crippen LogP contribution in [-0.2, 0) is 24.2 Å². The third-order valence-electron chi connectivity index (χ3n) is 2.84. The SMILES string of the molecule is CS(=O)(=O)CCC(NC(=O)CC1COCCN1)C(=O)O. The van der Waals surface area contributed by atoms with Gasteiger partial charge in [-0.25, -0.2) is 13.2 Å². The van der Waals surface area contributed by atoms with E-state index in [0.29, 0.717) is 19.8 Å². The summed E-state index contributed by atoms with van der Waals surface area (Å²) >= 11 is 0. The molecule has 0 radical (unpaired) electrons. The standard InChI is InChI=1S/C11H20N2O6S/c1-20(17,18)5-2-9(11(15)16)13-10(14)6-8-7-19-4-3-12-8/h8-9,12H,2-7H2,1H3,(H,13,14)(H,15,16). The van der Waals surface area contributed by atoms with Crippen molar-refractivity contribution in [1.82, 2.24) is 10.6 Å². The van der Waals surface area contributed by atoms with Crippen molar-refractivity contribution in [1.29, 1.82) is 0 Å². The van der Waals surface area contributed by atoms with Crippen molar-refractivity contribution >= 4 is 21.7 Å². The maximum atomic E-state index is 11.7. The summed E-state index contributed by atoms with van der Waals surface area (Å²) in [7, 11) is -3.26. The highest BCUT2D eigenvalue weighted by Crippen LogP contribution is 2.01. The average molecular weight is 308 g/mol. The molecule has 1 saturated heterocycles. The molecule has 0 aromatic carbocycles. The van der Waals surface area contributed by atoms with Crippen molar-refractivity contribution in [3.8, 4) is 0 Å². The van der Waals surface area contributed by atoms with Crippen LogP contribution in [0.25, 0.3) is 0 Å². The predicted octanol–water partition coefficient (Wildman–Crippen LogP) is -1.63. The molecule has 1 aliphatic heterocycles. The number of ether oxygens (including phenoxy) is 1. The van der Waals surface area contributed by atoms with Crippen molar-refractivity contribution in [2.75, 3.05) is 31.8 Å². The molecule has 0 bridgehead atoms. The molecule has 2 atom stereocenters. The average Bonchev–Trinajstić information content (AvgIpc) is 2.34. The van der Waals surface area contributed by atoms with Crippen LogP contribution in [0.15, 0.2) is 0 Å². The maximum Gasteiger partial charge on any atom is 0.326 e. The molecule has 1 aliphatic rings. The van der Waals surface area contributed by atoms with Crippen molar-refractivity contribution < 1.29 is 27.9 Å².